The number of benzene rings is 2. The van der Waals surface area contributed by atoms with Crippen molar-refractivity contribution in [3.05, 3.63) is 77.6 Å². The molecule has 2 heterocycles. The molecule has 41 heavy (non-hydrogen) atoms. The quantitative estimate of drug-likeness (QED) is 0.130. The lowest BCUT2D eigenvalue weighted by atomic mass is 9.84. The third-order valence-electron chi connectivity index (χ3n) is 8.88. The average molecular weight is 555 g/mol. The zero-order valence-electron chi connectivity index (χ0n) is 26.0. The largest absolute Gasteiger partial charge is 0.482 e. The predicted octanol–water partition coefficient (Wildman–Crippen LogP) is 11.2. The summed E-state index contributed by atoms with van der Waals surface area (Å²) >= 11 is 0. The van der Waals surface area contributed by atoms with Crippen LogP contribution < -0.4 is 4.74 Å². The van der Waals surface area contributed by atoms with E-state index in [1.165, 1.54) is 119 Å². The summed E-state index contributed by atoms with van der Waals surface area (Å²) in [5.74, 6) is 1.85. The van der Waals surface area contributed by atoms with Gasteiger partial charge in [-0.05, 0) is 48.4 Å². The van der Waals surface area contributed by atoms with E-state index in [1.54, 1.807) is 0 Å². The summed E-state index contributed by atoms with van der Waals surface area (Å²) in [5.41, 5.74) is 4.64. The van der Waals surface area contributed by atoms with Gasteiger partial charge in [-0.15, -0.1) is 0 Å². The Morgan fingerprint density at radius 1 is 0.634 bits per heavy atom. The molecule has 1 aliphatic rings. The Morgan fingerprint density at radius 3 is 1.80 bits per heavy atom. The van der Waals surface area contributed by atoms with E-state index in [9.17, 15) is 0 Å². The van der Waals surface area contributed by atoms with Crippen LogP contribution in [0.1, 0.15) is 140 Å². The summed E-state index contributed by atoms with van der Waals surface area (Å²) in [4.78, 5) is 9.46. The summed E-state index contributed by atoms with van der Waals surface area (Å²) in [6.07, 6.45) is 28.6. The normalized spacial score (nSPS) is 16.0. The van der Waals surface area contributed by atoms with E-state index < -0.39 is 0 Å². The first-order valence-corrected chi connectivity index (χ1v) is 16.9. The highest BCUT2D eigenvalue weighted by Gasteiger charge is 2.40. The van der Waals surface area contributed by atoms with Crippen molar-refractivity contribution >= 4 is 0 Å². The van der Waals surface area contributed by atoms with E-state index in [1.807, 2.05) is 12.4 Å². The number of para-hydroxylation sites is 1. The number of unbranched alkanes of at least 4 members (excludes halogenated alkanes) is 14. The number of aromatic nitrogens is 2. The molecule has 0 aliphatic carbocycles. The fourth-order valence-corrected chi connectivity index (χ4v) is 6.31. The molecule has 4 rings (SSSR count). The molecule has 0 bridgehead atoms. The lowest BCUT2D eigenvalue weighted by Gasteiger charge is -2.30. The Kier molecular flexibility index (Phi) is 13.2. The van der Waals surface area contributed by atoms with Crippen molar-refractivity contribution < 1.29 is 4.74 Å². The zero-order valence-corrected chi connectivity index (χ0v) is 26.0. The molecule has 1 aromatic heterocycles. The highest BCUT2D eigenvalue weighted by molar-refractivity contribution is 5.56. The minimum Gasteiger partial charge on any atom is -0.482 e. The first-order valence-electron chi connectivity index (χ1n) is 16.9. The van der Waals surface area contributed by atoms with E-state index in [0.29, 0.717) is 0 Å². The van der Waals surface area contributed by atoms with Crippen LogP contribution in [0.5, 0.6) is 5.75 Å². The molecule has 0 amide bonds. The molecule has 1 atom stereocenters. The van der Waals surface area contributed by atoms with Crippen LogP contribution in [0.2, 0.25) is 0 Å². The van der Waals surface area contributed by atoms with E-state index >= 15 is 0 Å². The lowest BCUT2D eigenvalue weighted by molar-refractivity contribution is 0.0791. The van der Waals surface area contributed by atoms with Crippen LogP contribution in [0, 0.1) is 0 Å². The Hall–Kier alpha value is -2.68. The number of hydrogen-bond acceptors (Lipinski definition) is 3. The average Bonchev–Trinajstić information content (AvgIpc) is 3.40. The molecule has 0 N–H and O–H groups in total. The zero-order chi connectivity index (χ0) is 28.6. The highest BCUT2D eigenvalue weighted by atomic mass is 16.5. The highest BCUT2D eigenvalue weighted by Crippen LogP contribution is 2.44. The summed E-state index contributed by atoms with van der Waals surface area (Å²) in [6.45, 7) is 4.56. The first kappa shape index (κ1) is 31.3. The molecular formula is C38H54N2O. The van der Waals surface area contributed by atoms with Crippen molar-refractivity contribution in [2.24, 2.45) is 0 Å². The minimum atomic E-state index is -0.271. The van der Waals surface area contributed by atoms with Gasteiger partial charge >= 0.3 is 0 Å². The first-order chi connectivity index (χ1) is 20.2. The van der Waals surface area contributed by atoms with E-state index in [0.717, 1.165) is 36.4 Å². The summed E-state index contributed by atoms with van der Waals surface area (Å²) < 4.78 is 6.73. The van der Waals surface area contributed by atoms with Crippen LogP contribution >= 0.6 is 0 Å². The summed E-state index contributed by atoms with van der Waals surface area (Å²) in [7, 11) is 0. The summed E-state index contributed by atoms with van der Waals surface area (Å²) in [5, 5.41) is 0. The number of rotatable bonds is 20. The van der Waals surface area contributed by atoms with Gasteiger partial charge in [0.15, 0.2) is 5.82 Å². The second-order valence-corrected chi connectivity index (χ2v) is 12.3. The van der Waals surface area contributed by atoms with Crippen molar-refractivity contribution in [1.82, 2.24) is 9.97 Å². The Balaban J connectivity index is 1.27. The molecule has 0 spiro atoms. The maximum Gasteiger partial charge on any atom is 0.159 e. The SMILES string of the molecule is CCCCCCCCCCCCc1cnc(-c2ccc(C3(CCCCCCCC)Cc4ccccc4O3)cc2)nc1. The minimum absolute atomic E-state index is 0.271. The lowest BCUT2D eigenvalue weighted by Crippen LogP contribution is -2.31. The molecule has 3 aromatic rings. The van der Waals surface area contributed by atoms with Crippen LogP contribution in [0.15, 0.2) is 60.9 Å². The van der Waals surface area contributed by atoms with E-state index in [-0.39, 0.29) is 5.60 Å². The van der Waals surface area contributed by atoms with Gasteiger partial charge in [-0.1, -0.05) is 146 Å². The molecule has 2 aromatic carbocycles. The number of ether oxygens (including phenoxy) is 1. The van der Waals surface area contributed by atoms with Gasteiger partial charge in [-0.3, -0.25) is 0 Å². The number of hydrogen-bond donors (Lipinski definition) is 0. The fraction of sp³-hybridized carbons (Fsp3) is 0.579. The van der Waals surface area contributed by atoms with Gasteiger partial charge in [0, 0.05) is 24.4 Å². The number of fused-ring (bicyclic) bond motifs is 1. The fourth-order valence-electron chi connectivity index (χ4n) is 6.31. The van der Waals surface area contributed by atoms with Gasteiger partial charge in [-0.25, -0.2) is 9.97 Å². The Bertz CT molecular complexity index is 1100. The van der Waals surface area contributed by atoms with Gasteiger partial charge in [0.1, 0.15) is 11.4 Å². The second kappa shape index (κ2) is 17.3. The van der Waals surface area contributed by atoms with E-state index in [4.69, 9.17) is 14.7 Å². The molecule has 3 nitrogen and oxygen atoms in total. The van der Waals surface area contributed by atoms with Gasteiger partial charge in [0.05, 0.1) is 0 Å². The molecule has 0 saturated carbocycles. The maximum atomic E-state index is 6.73. The van der Waals surface area contributed by atoms with Gasteiger partial charge < -0.3 is 4.74 Å². The van der Waals surface area contributed by atoms with Gasteiger partial charge in [0.2, 0.25) is 0 Å². The van der Waals surface area contributed by atoms with Crippen LogP contribution in [-0.4, -0.2) is 9.97 Å². The van der Waals surface area contributed by atoms with Crippen molar-refractivity contribution in [3.8, 4) is 17.1 Å². The summed E-state index contributed by atoms with van der Waals surface area (Å²) in [6, 6.07) is 17.4. The predicted molar refractivity (Wildman–Crippen MR) is 173 cm³/mol. The van der Waals surface area contributed by atoms with Crippen molar-refractivity contribution in [3.63, 3.8) is 0 Å². The standard InChI is InChI=1S/C38H54N2O/c1-3-5-7-9-11-12-13-14-15-17-21-32-30-39-37(40-31-32)33-24-26-35(27-25-33)38(28-20-16-10-8-6-4-2)29-34-22-18-19-23-36(34)41-38/h18-19,22-27,30-31H,3-17,20-21,28-29H2,1-2H3. The van der Waals surface area contributed by atoms with Crippen molar-refractivity contribution in [2.45, 2.75) is 141 Å². The smallest absolute Gasteiger partial charge is 0.159 e. The van der Waals surface area contributed by atoms with Gasteiger partial charge in [0.25, 0.3) is 0 Å². The molecule has 222 valence electrons. The van der Waals surface area contributed by atoms with Crippen molar-refractivity contribution in [2.75, 3.05) is 0 Å². The number of nitrogens with zero attached hydrogens (tertiary/aromatic N) is 2. The molecule has 0 saturated heterocycles. The Morgan fingerprint density at radius 2 is 1.20 bits per heavy atom. The van der Waals surface area contributed by atoms with Crippen molar-refractivity contribution in [1.29, 1.82) is 0 Å². The van der Waals surface area contributed by atoms with Crippen LogP contribution in [0.3, 0.4) is 0 Å². The number of aryl methyl sites for hydroxylation is 1. The van der Waals surface area contributed by atoms with Crippen LogP contribution in [0.4, 0.5) is 0 Å². The van der Waals surface area contributed by atoms with Crippen LogP contribution in [-0.2, 0) is 18.4 Å². The molecule has 1 aliphatic heterocycles. The van der Waals surface area contributed by atoms with E-state index in [2.05, 4.69) is 62.4 Å². The second-order valence-electron chi connectivity index (χ2n) is 12.3. The molecule has 1 unspecified atom stereocenters. The third kappa shape index (κ3) is 9.69. The molecule has 0 fully saturated rings. The third-order valence-corrected chi connectivity index (χ3v) is 8.88. The van der Waals surface area contributed by atoms with Gasteiger partial charge in [-0.2, -0.15) is 0 Å². The topological polar surface area (TPSA) is 35.0 Å². The Labute approximate surface area is 250 Å². The van der Waals surface area contributed by atoms with Crippen LogP contribution in [0.25, 0.3) is 11.4 Å². The molecule has 3 heteroatoms. The maximum absolute atomic E-state index is 6.73. The molecule has 0 radical (unpaired) electrons. The molecular weight excluding hydrogens is 500 g/mol. The monoisotopic (exact) mass is 554 g/mol.